The average Bonchev–Trinajstić information content (AvgIpc) is 2.80. The van der Waals surface area contributed by atoms with E-state index in [1.165, 1.54) is 13.8 Å². The van der Waals surface area contributed by atoms with E-state index in [1.807, 2.05) is 0 Å². The number of carboxylic acid groups (broad SMARTS) is 1. The molecule has 0 spiro atoms. The molecule has 1 atom stereocenters. The quantitative estimate of drug-likeness (QED) is 0.824. The number of fused-ring (bicyclic) bond motifs is 1. The number of hydrogen-bond donors (Lipinski definition) is 2. The molecule has 0 bridgehead atoms. The van der Waals surface area contributed by atoms with Crippen molar-refractivity contribution in [3.05, 3.63) is 23.8 Å². The van der Waals surface area contributed by atoms with Crippen molar-refractivity contribution < 1.29 is 18.3 Å². The van der Waals surface area contributed by atoms with Gasteiger partial charge in [-0.25, -0.2) is 18.5 Å². The lowest BCUT2D eigenvalue weighted by Gasteiger charge is -2.25. The molecule has 0 radical (unpaired) electrons. The van der Waals surface area contributed by atoms with E-state index in [4.69, 9.17) is 16.7 Å². The predicted molar refractivity (Wildman–Crippen MR) is 81.0 cm³/mol. The van der Waals surface area contributed by atoms with Crippen LogP contribution in [0.1, 0.15) is 24.8 Å². The first-order chi connectivity index (χ1) is 9.53. The Morgan fingerprint density at radius 2 is 2.10 bits per heavy atom. The molecule has 0 aliphatic carbocycles. The molecular weight excluding hydrogens is 336 g/mol. The zero-order chi connectivity index (χ0) is 16.0. The SMILES string of the molecule is CC(C)(C(=O)O)C(Cl)c1ccc2sc(S(N)(=O)=O)nc2c1. The predicted octanol–water partition coefficient (Wildman–Crippen LogP) is 2.33. The Balaban J connectivity index is 2.51. The van der Waals surface area contributed by atoms with Gasteiger partial charge in [0.05, 0.1) is 21.0 Å². The second kappa shape index (κ2) is 5.20. The number of carbonyl (C=O) groups is 1. The first kappa shape index (κ1) is 16.2. The van der Waals surface area contributed by atoms with Gasteiger partial charge in [0.25, 0.3) is 10.0 Å². The number of aliphatic carboxylic acids is 1. The van der Waals surface area contributed by atoms with Crippen molar-refractivity contribution in [3.8, 4) is 0 Å². The second-order valence-electron chi connectivity index (χ2n) is 5.14. The summed E-state index contributed by atoms with van der Waals surface area (Å²) in [6.07, 6.45) is 0. The van der Waals surface area contributed by atoms with Gasteiger partial charge in [-0.3, -0.25) is 4.79 Å². The summed E-state index contributed by atoms with van der Waals surface area (Å²) < 4.78 is 23.0. The third-order valence-corrected chi connectivity index (χ3v) is 6.27. The number of aromatic nitrogens is 1. The fourth-order valence-electron chi connectivity index (χ4n) is 1.73. The zero-order valence-electron chi connectivity index (χ0n) is 11.2. The van der Waals surface area contributed by atoms with Crippen LogP contribution in [0.3, 0.4) is 0 Å². The van der Waals surface area contributed by atoms with Crippen LogP contribution in [-0.2, 0) is 14.8 Å². The fraction of sp³-hybridized carbons (Fsp3) is 0.333. The van der Waals surface area contributed by atoms with Crippen LogP contribution in [0, 0.1) is 5.41 Å². The number of nitrogens with zero attached hydrogens (tertiary/aromatic N) is 1. The van der Waals surface area contributed by atoms with Crippen LogP contribution in [0.4, 0.5) is 0 Å². The van der Waals surface area contributed by atoms with Crippen LogP contribution in [0.25, 0.3) is 10.2 Å². The lowest BCUT2D eigenvalue weighted by Crippen LogP contribution is -2.28. The van der Waals surface area contributed by atoms with Crippen LogP contribution in [0.2, 0.25) is 0 Å². The van der Waals surface area contributed by atoms with Crippen LogP contribution in [0.5, 0.6) is 0 Å². The highest BCUT2D eigenvalue weighted by Gasteiger charge is 2.36. The summed E-state index contributed by atoms with van der Waals surface area (Å²) in [7, 11) is -3.86. The Hall–Kier alpha value is -1.22. The molecule has 9 heteroatoms. The van der Waals surface area contributed by atoms with Gasteiger partial charge in [-0.15, -0.1) is 22.9 Å². The van der Waals surface area contributed by atoms with Crippen LogP contribution < -0.4 is 5.14 Å². The second-order valence-corrected chi connectivity index (χ2v) is 8.34. The van der Waals surface area contributed by atoms with Gasteiger partial charge in [0.15, 0.2) is 0 Å². The van der Waals surface area contributed by atoms with E-state index in [0.717, 1.165) is 11.3 Å². The van der Waals surface area contributed by atoms with Crippen molar-refractivity contribution in [3.63, 3.8) is 0 Å². The Morgan fingerprint density at radius 1 is 1.48 bits per heavy atom. The molecule has 0 aliphatic rings. The summed E-state index contributed by atoms with van der Waals surface area (Å²) in [5.74, 6) is -1.02. The van der Waals surface area contributed by atoms with Crippen LogP contribution in [0.15, 0.2) is 22.5 Å². The fourth-order valence-corrected chi connectivity index (χ4v) is 3.59. The first-order valence-corrected chi connectivity index (χ1v) is 8.64. The monoisotopic (exact) mass is 348 g/mol. The molecule has 0 saturated heterocycles. The van der Waals surface area contributed by atoms with E-state index < -0.39 is 26.8 Å². The van der Waals surface area contributed by atoms with Gasteiger partial charge in [0.1, 0.15) is 0 Å². The van der Waals surface area contributed by atoms with Crippen molar-refractivity contribution >= 4 is 49.1 Å². The maximum atomic E-state index is 11.3. The highest BCUT2D eigenvalue weighted by atomic mass is 35.5. The summed E-state index contributed by atoms with van der Waals surface area (Å²) in [4.78, 5) is 15.2. The summed E-state index contributed by atoms with van der Waals surface area (Å²) in [6, 6.07) is 4.91. The van der Waals surface area contributed by atoms with E-state index in [0.29, 0.717) is 15.8 Å². The Morgan fingerprint density at radius 3 is 2.62 bits per heavy atom. The van der Waals surface area contributed by atoms with Gasteiger partial charge in [0.2, 0.25) is 4.34 Å². The van der Waals surface area contributed by atoms with Gasteiger partial charge in [0, 0.05) is 0 Å². The van der Waals surface area contributed by atoms with Gasteiger partial charge >= 0.3 is 5.97 Å². The molecule has 21 heavy (non-hydrogen) atoms. The molecule has 6 nitrogen and oxygen atoms in total. The third-order valence-electron chi connectivity index (χ3n) is 3.11. The summed E-state index contributed by atoms with van der Waals surface area (Å²) >= 11 is 7.20. The number of benzene rings is 1. The molecule has 1 aromatic heterocycles. The number of hydrogen-bond acceptors (Lipinski definition) is 5. The van der Waals surface area contributed by atoms with Crippen molar-refractivity contribution in [1.29, 1.82) is 0 Å². The molecule has 1 heterocycles. The Bertz CT molecular complexity index is 814. The maximum absolute atomic E-state index is 11.3. The molecule has 1 aromatic carbocycles. The number of carboxylic acids is 1. The van der Waals surface area contributed by atoms with Gasteiger partial charge in [-0.05, 0) is 31.5 Å². The lowest BCUT2D eigenvalue weighted by molar-refractivity contribution is -0.147. The topological polar surface area (TPSA) is 110 Å². The number of alkyl halides is 1. The van der Waals surface area contributed by atoms with Crippen LogP contribution in [-0.4, -0.2) is 24.5 Å². The average molecular weight is 349 g/mol. The molecule has 3 N–H and O–H groups in total. The number of primary sulfonamides is 1. The normalized spacial score (nSPS) is 14.3. The molecule has 2 rings (SSSR count). The largest absolute Gasteiger partial charge is 0.481 e. The minimum atomic E-state index is -3.86. The van der Waals surface area contributed by atoms with E-state index >= 15 is 0 Å². The summed E-state index contributed by atoms with van der Waals surface area (Å²) in [5, 5.41) is 13.5. The summed E-state index contributed by atoms with van der Waals surface area (Å²) in [6.45, 7) is 3.04. The van der Waals surface area contributed by atoms with Gasteiger partial charge < -0.3 is 5.11 Å². The number of sulfonamides is 1. The van der Waals surface area contributed by atoms with E-state index in [2.05, 4.69) is 4.98 Å². The van der Waals surface area contributed by atoms with Crippen LogP contribution >= 0.6 is 22.9 Å². The van der Waals surface area contributed by atoms with E-state index in [1.54, 1.807) is 18.2 Å². The number of halogens is 1. The van der Waals surface area contributed by atoms with E-state index in [-0.39, 0.29) is 4.34 Å². The standard InChI is InChI=1S/C12H13ClN2O4S2/c1-12(2,10(16)17)9(13)6-3-4-8-7(5-6)15-11(20-8)21(14,18)19/h3-5,9H,1-2H3,(H,16,17)(H2,14,18,19). The highest BCUT2D eigenvalue weighted by molar-refractivity contribution is 7.91. The molecule has 0 saturated carbocycles. The number of thiazole rings is 1. The van der Waals surface area contributed by atoms with Crippen molar-refractivity contribution in [2.24, 2.45) is 10.6 Å². The highest BCUT2D eigenvalue weighted by Crippen LogP contribution is 2.40. The van der Waals surface area contributed by atoms with Crippen molar-refractivity contribution in [1.82, 2.24) is 4.98 Å². The third kappa shape index (κ3) is 3.03. The van der Waals surface area contributed by atoms with Crippen molar-refractivity contribution in [2.45, 2.75) is 23.6 Å². The number of nitrogens with two attached hydrogens (primary N) is 1. The molecule has 2 aromatic rings. The van der Waals surface area contributed by atoms with E-state index in [9.17, 15) is 18.3 Å². The van der Waals surface area contributed by atoms with Crippen molar-refractivity contribution in [2.75, 3.05) is 0 Å². The number of rotatable bonds is 4. The minimum Gasteiger partial charge on any atom is -0.481 e. The molecule has 0 amide bonds. The molecule has 0 aliphatic heterocycles. The zero-order valence-corrected chi connectivity index (χ0v) is 13.6. The molecular formula is C12H13ClN2O4S2. The lowest BCUT2D eigenvalue weighted by atomic mass is 9.85. The van der Waals surface area contributed by atoms with Gasteiger partial charge in [-0.2, -0.15) is 0 Å². The Labute approximate surface area is 130 Å². The molecule has 114 valence electrons. The smallest absolute Gasteiger partial charge is 0.310 e. The summed E-state index contributed by atoms with van der Waals surface area (Å²) in [5.41, 5.74) is -0.190. The first-order valence-electron chi connectivity index (χ1n) is 5.84. The Kier molecular flexibility index (Phi) is 4.00. The molecule has 0 fully saturated rings. The molecule has 1 unspecified atom stereocenters. The van der Waals surface area contributed by atoms with Gasteiger partial charge in [-0.1, -0.05) is 6.07 Å². The maximum Gasteiger partial charge on any atom is 0.310 e. The minimum absolute atomic E-state index is 0.182.